The molecule has 1 N–H and O–H groups in total. The Hall–Kier alpha value is -0.480. The van der Waals surface area contributed by atoms with Crippen LogP contribution in [0.1, 0.15) is 49.2 Å². The van der Waals surface area contributed by atoms with Crippen molar-refractivity contribution in [2.75, 3.05) is 11.5 Å². The summed E-state index contributed by atoms with van der Waals surface area (Å²) in [6.45, 7) is 1.04. The van der Waals surface area contributed by atoms with Crippen molar-refractivity contribution in [2.24, 2.45) is 0 Å². The van der Waals surface area contributed by atoms with Gasteiger partial charge < -0.3 is 9.67 Å². The number of nitrogens with zero attached hydrogens (tertiary/aromatic N) is 2. The molecule has 3 nitrogen and oxygen atoms in total. The van der Waals surface area contributed by atoms with Gasteiger partial charge in [0, 0.05) is 18.2 Å². The summed E-state index contributed by atoms with van der Waals surface area (Å²) in [7, 11) is 0. The highest BCUT2D eigenvalue weighted by Crippen LogP contribution is 2.34. The van der Waals surface area contributed by atoms with E-state index in [1.54, 1.807) is 0 Å². The molecular weight excluding hydrogens is 220 g/mol. The lowest BCUT2D eigenvalue weighted by Crippen LogP contribution is -2.20. The second-order valence-corrected chi connectivity index (χ2v) is 5.91. The molecule has 3 rings (SSSR count). The van der Waals surface area contributed by atoms with E-state index in [9.17, 15) is 5.11 Å². The molecule has 88 valence electrons. The largest absolute Gasteiger partial charge is 0.387 e. The molecule has 2 atom stereocenters. The minimum atomic E-state index is -0.286. The standard InChI is InChI=1S/C12H18N2OS/c15-11-4-1-5-14-10(11)7-13-12(14)9-3-2-6-16-8-9/h7,9,11,15H,1-6,8H2. The molecule has 0 radical (unpaired) electrons. The maximum absolute atomic E-state index is 9.91. The highest BCUT2D eigenvalue weighted by atomic mass is 32.2. The van der Waals surface area contributed by atoms with Gasteiger partial charge in [0.25, 0.3) is 0 Å². The van der Waals surface area contributed by atoms with Crippen molar-refractivity contribution >= 4 is 11.8 Å². The van der Waals surface area contributed by atoms with Gasteiger partial charge in [0.05, 0.1) is 18.0 Å². The Labute approximate surface area is 100 Å². The van der Waals surface area contributed by atoms with E-state index in [1.165, 1.54) is 30.2 Å². The Kier molecular flexibility index (Phi) is 2.94. The predicted octanol–water partition coefficient (Wildman–Crippen LogP) is 2.32. The van der Waals surface area contributed by atoms with E-state index in [0.717, 1.165) is 25.1 Å². The molecule has 1 saturated heterocycles. The van der Waals surface area contributed by atoms with Gasteiger partial charge in [0.1, 0.15) is 5.82 Å². The van der Waals surface area contributed by atoms with Gasteiger partial charge in [0.15, 0.2) is 0 Å². The van der Waals surface area contributed by atoms with Crippen LogP contribution >= 0.6 is 11.8 Å². The first-order valence-corrected chi connectivity index (χ1v) is 7.33. The number of aromatic nitrogens is 2. The third kappa shape index (κ3) is 1.78. The Morgan fingerprint density at radius 3 is 3.12 bits per heavy atom. The first-order valence-electron chi connectivity index (χ1n) is 6.17. The van der Waals surface area contributed by atoms with Gasteiger partial charge in [0.2, 0.25) is 0 Å². The predicted molar refractivity (Wildman–Crippen MR) is 65.7 cm³/mol. The van der Waals surface area contributed by atoms with Crippen LogP contribution in [0.5, 0.6) is 0 Å². The Bertz CT molecular complexity index is 371. The summed E-state index contributed by atoms with van der Waals surface area (Å²) in [5.74, 6) is 4.33. The van der Waals surface area contributed by atoms with Gasteiger partial charge in [-0.15, -0.1) is 0 Å². The molecule has 2 aliphatic heterocycles. The van der Waals surface area contributed by atoms with Crippen molar-refractivity contribution in [2.45, 2.75) is 44.2 Å². The zero-order valence-electron chi connectivity index (χ0n) is 9.43. The molecular formula is C12H18N2OS. The third-order valence-electron chi connectivity index (χ3n) is 3.64. The minimum absolute atomic E-state index is 0.286. The number of thioether (sulfide) groups is 1. The van der Waals surface area contributed by atoms with Crippen molar-refractivity contribution in [3.63, 3.8) is 0 Å². The fourth-order valence-corrected chi connectivity index (χ4v) is 3.91. The van der Waals surface area contributed by atoms with Gasteiger partial charge in [-0.3, -0.25) is 0 Å². The topological polar surface area (TPSA) is 38.0 Å². The Morgan fingerprint density at radius 1 is 1.38 bits per heavy atom. The molecule has 1 fully saturated rings. The molecule has 0 aromatic carbocycles. The summed E-state index contributed by atoms with van der Waals surface area (Å²) >= 11 is 2.04. The molecule has 0 bridgehead atoms. The summed E-state index contributed by atoms with van der Waals surface area (Å²) < 4.78 is 2.27. The van der Waals surface area contributed by atoms with Crippen molar-refractivity contribution in [1.29, 1.82) is 0 Å². The Morgan fingerprint density at radius 2 is 2.31 bits per heavy atom. The SMILES string of the molecule is OC1CCCn2c1cnc2C1CCCSC1. The van der Waals surface area contributed by atoms with Crippen molar-refractivity contribution in [3.8, 4) is 0 Å². The van der Waals surface area contributed by atoms with Crippen LogP contribution in [0.25, 0.3) is 0 Å². The van der Waals surface area contributed by atoms with Crippen LogP contribution in [0.2, 0.25) is 0 Å². The van der Waals surface area contributed by atoms with Crippen molar-refractivity contribution < 1.29 is 5.11 Å². The second kappa shape index (κ2) is 4.41. The number of hydrogen-bond donors (Lipinski definition) is 1. The maximum Gasteiger partial charge on any atom is 0.112 e. The van der Waals surface area contributed by atoms with Crippen LogP contribution in [0.4, 0.5) is 0 Å². The molecule has 0 saturated carbocycles. The van der Waals surface area contributed by atoms with Gasteiger partial charge in [-0.25, -0.2) is 4.98 Å². The molecule has 3 heterocycles. The van der Waals surface area contributed by atoms with Crippen LogP contribution in [-0.2, 0) is 6.54 Å². The number of aliphatic hydroxyl groups excluding tert-OH is 1. The minimum Gasteiger partial charge on any atom is -0.387 e. The third-order valence-corrected chi connectivity index (χ3v) is 4.86. The van der Waals surface area contributed by atoms with E-state index >= 15 is 0 Å². The van der Waals surface area contributed by atoms with Gasteiger partial charge in [-0.05, 0) is 31.4 Å². The number of fused-ring (bicyclic) bond motifs is 1. The average molecular weight is 238 g/mol. The summed E-state index contributed by atoms with van der Waals surface area (Å²) in [6.07, 6.45) is 6.14. The van der Waals surface area contributed by atoms with Crippen molar-refractivity contribution in [3.05, 3.63) is 17.7 Å². The lowest BCUT2D eigenvalue weighted by molar-refractivity contribution is 0.138. The summed E-state index contributed by atoms with van der Waals surface area (Å²) in [5, 5.41) is 9.91. The number of aliphatic hydroxyl groups is 1. The van der Waals surface area contributed by atoms with Crippen molar-refractivity contribution in [1.82, 2.24) is 9.55 Å². The monoisotopic (exact) mass is 238 g/mol. The molecule has 0 spiro atoms. The fourth-order valence-electron chi connectivity index (χ4n) is 2.77. The molecule has 16 heavy (non-hydrogen) atoms. The number of hydrogen-bond acceptors (Lipinski definition) is 3. The Balaban J connectivity index is 1.89. The van der Waals surface area contributed by atoms with Crippen LogP contribution < -0.4 is 0 Å². The lowest BCUT2D eigenvalue weighted by atomic mass is 10.0. The normalized spacial score (nSPS) is 30.1. The van der Waals surface area contributed by atoms with E-state index in [2.05, 4.69) is 9.55 Å². The second-order valence-electron chi connectivity index (χ2n) is 4.76. The molecule has 1 aromatic rings. The molecule has 2 unspecified atom stereocenters. The van der Waals surface area contributed by atoms with Gasteiger partial charge >= 0.3 is 0 Å². The number of rotatable bonds is 1. The average Bonchev–Trinajstić information content (AvgIpc) is 2.75. The molecule has 2 aliphatic rings. The fraction of sp³-hybridized carbons (Fsp3) is 0.750. The van der Waals surface area contributed by atoms with E-state index in [0.29, 0.717) is 5.92 Å². The molecule has 4 heteroatoms. The first-order chi connectivity index (χ1) is 7.86. The smallest absolute Gasteiger partial charge is 0.112 e. The summed E-state index contributed by atoms with van der Waals surface area (Å²) in [4.78, 5) is 4.56. The quantitative estimate of drug-likeness (QED) is 0.816. The van der Waals surface area contributed by atoms with Crippen LogP contribution in [0, 0.1) is 0 Å². The van der Waals surface area contributed by atoms with Crippen LogP contribution in [-0.4, -0.2) is 26.2 Å². The highest BCUT2D eigenvalue weighted by Gasteiger charge is 2.26. The summed E-state index contributed by atoms with van der Waals surface area (Å²) in [5.41, 5.74) is 1.04. The van der Waals surface area contributed by atoms with Crippen LogP contribution in [0.15, 0.2) is 6.20 Å². The van der Waals surface area contributed by atoms with Crippen LogP contribution in [0.3, 0.4) is 0 Å². The maximum atomic E-state index is 9.91. The van der Waals surface area contributed by atoms with E-state index in [-0.39, 0.29) is 6.10 Å². The zero-order valence-corrected chi connectivity index (χ0v) is 10.2. The number of imidazole rings is 1. The van der Waals surface area contributed by atoms with Gasteiger partial charge in [-0.2, -0.15) is 11.8 Å². The summed E-state index contributed by atoms with van der Waals surface area (Å²) in [6, 6.07) is 0. The highest BCUT2D eigenvalue weighted by molar-refractivity contribution is 7.99. The molecule has 1 aromatic heterocycles. The van der Waals surface area contributed by atoms with E-state index < -0.39 is 0 Å². The zero-order chi connectivity index (χ0) is 11.0. The first kappa shape index (κ1) is 10.7. The molecule has 0 aliphatic carbocycles. The van der Waals surface area contributed by atoms with E-state index in [4.69, 9.17) is 0 Å². The van der Waals surface area contributed by atoms with Gasteiger partial charge in [-0.1, -0.05) is 0 Å². The lowest BCUT2D eigenvalue weighted by Gasteiger charge is -2.26. The molecule has 0 amide bonds. The van der Waals surface area contributed by atoms with E-state index in [1.807, 2.05) is 18.0 Å².